The van der Waals surface area contributed by atoms with Gasteiger partial charge in [0.15, 0.2) is 0 Å². The fraction of sp³-hybridized carbons (Fsp3) is 0.294. The molecule has 1 aromatic heterocycles. The molecule has 1 aliphatic rings. The van der Waals surface area contributed by atoms with Crippen molar-refractivity contribution in [3.8, 4) is 0 Å². The predicted octanol–water partition coefficient (Wildman–Crippen LogP) is 3.92. The molecule has 2 aromatic rings. The maximum Gasteiger partial charge on any atom is 0.253 e. The van der Waals surface area contributed by atoms with Crippen LogP contribution in [-0.2, 0) is 6.54 Å². The van der Waals surface area contributed by atoms with Crippen molar-refractivity contribution in [1.29, 1.82) is 0 Å². The molecule has 0 atom stereocenters. The molecule has 120 valence electrons. The van der Waals surface area contributed by atoms with E-state index >= 15 is 0 Å². The Bertz CT molecular complexity index is 697. The van der Waals surface area contributed by atoms with E-state index in [1.54, 1.807) is 30.5 Å². The summed E-state index contributed by atoms with van der Waals surface area (Å²) in [5.74, 6) is 0.760. The van der Waals surface area contributed by atoms with E-state index in [2.05, 4.69) is 15.2 Å². The highest BCUT2D eigenvalue weighted by Gasteiger charge is 2.14. The molecule has 23 heavy (non-hydrogen) atoms. The number of halogens is 2. The Hall–Kier alpha value is -1.78. The van der Waals surface area contributed by atoms with Gasteiger partial charge < -0.3 is 10.2 Å². The minimum atomic E-state index is -0.170. The van der Waals surface area contributed by atoms with Crippen LogP contribution in [0.2, 0.25) is 10.0 Å². The standard InChI is InChI=1S/C17H17Cl2N3O/c18-14-5-3-12(15(19)9-14)10-21-17(23)13-4-6-16(20-11-13)22-7-1-2-8-22/h3-6,9,11H,1-2,7-8,10H2,(H,21,23). The van der Waals surface area contributed by atoms with Crippen molar-refractivity contribution in [2.24, 2.45) is 0 Å². The fourth-order valence-corrected chi connectivity index (χ4v) is 3.07. The first-order valence-corrected chi connectivity index (χ1v) is 8.32. The van der Waals surface area contributed by atoms with E-state index in [0.29, 0.717) is 22.2 Å². The predicted molar refractivity (Wildman–Crippen MR) is 93.3 cm³/mol. The number of nitrogens with one attached hydrogen (secondary N) is 1. The van der Waals surface area contributed by atoms with Crippen LogP contribution in [0.3, 0.4) is 0 Å². The zero-order valence-corrected chi connectivity index (χ0v) is 14.1. The van der Waals surface area contributed by atoms with Crippen LogP contribution < -0.4 is 10.2 Å². The molecule has 1 N–H and O–H groups in total. The van der Waals surface area contributed by atoms with E-state index in [9.17, 15) is 4.79 Å². The Kier molecular flexibility index (Phi) is 5.03. The summed E-state index contributed by atoms with van der Waals surface area (Å²) < 4.78 is 0. The van der Waals surface area contributed by atoms with E-state index in [1.807, 2.05) is 6.07 Å². The number of amides is 1. The molecule has 0 spiro atoms. The first-order valence-electron chi connectivity index (χ1n) is 7.56. The van der Waals surface area contributed by atoms with Gasteiger partial charge in [0.1, 0.15) is 5.82 Å². The van der Waals surface area contributed by atoms with Crippen LogP contribution in [0.1, 0.15) is 28.8 Å². The largest absolute Gasteiger partial charge is 0.357 e. The van der Waals surface area contributed by atoms with Crippen LogP contribution >= 0.6 is 23.2 Å². The lowest BCUT2D eigenvalue weighted by Gasteiger charge is -2.16. The lowest BCUT2D eigenvalue weighted by atomic mass is 10.2. The highest BCUT2D eigenvalue weighted by molar-refractivity contribution is 6.35. The zero-order valence-electron chi connectivity index (χ0n) is 12.6. The number of anilines is 1. The molecule has 1 saturated heterocycles. The summed E-state index contributed by atoms with van der Waals surface area (Å²) in [4.78, 5) is 18.8. The summed E-state index contributed by atoms with van der Waals surface area (Å²) in [5.41, 5.74) is 1.36. The molecule has 1 fully saturated rings. The third-order valence-corrected chi connectivity index (χ3v) is 4.48. The number of carbonyl (C=O) groups is 1. The molecule has 1 amide bonds. The second-order valence-electron chi connectivity index (χ2n) is 5.52. The highest BCUT2D eigenvalue weighted by Crippen LogP contribution is 2.21. The van der Waals surface area contributed by atoms with E-state index in [0.717, 1.165) is 24.5 Å². The second kappa shape index (κ2) is 7.20. The van der Waals surface area contributed by atoms with Crippen LogP contribution in [0.4, 0.5) is 5.82 Å². The number of hydrogen-bond donors (Lipinski definition) is 1. The topological polar surface area (TPSA) is 45.2 Å². The van der Waals surface area contributed by atoms with Crippen molar-refractivity contribution in [2.45, 2.75) is 19.4 Å². The third kappa shape index (κ3) is 3.95. The van der Waals surface area contributed by atoms with Gasteiger partial charge in [-0.3, -0.25) is 4.79 Å². The molecule has 0 aliphatic carbocycles. The lowest BCUT2D eigenvalue weighted by Crippen LogP contribution is -2.24. The molecule has 3 rings (SSSR count). The number of aromatic nitrogens is 1. The molecule has 6 heteroatoms. The van der Waals surface area contributed by atoms with Gasteiger partial charge in [-0.05, 0) is 42.7 Å². The Morgan fingerprint density at radius 3 is 2.61 bits per heavy atom. The van der Waals surface area contributed by atoms with Gasteiger partial charge in [-0.25, -0.2) is 4.98 Å². The van der Waals surface area contributed by atoms with Gasteiger partial charge in [-0.1, -0.05) is 29.3 Å². The number of nitrogens with zero attached hydrogens (tertiary/aromatic N) is 2. The third-order valence-electron chi connectivity index (χ3n) is 3.89. The minimum Gasteiger partial charge on any atom is -0.357 e. The Morgan fingerprint density at radius 2 is 1.96 bits per heavy atom. The normalized spacial score (nSPS) is 14.1. The number of pyridine rings is 1. The molecule has 1 aromatic carbocycles. The molecule has 1 aliphatic heterocycles. The van der Waals surface area contributed by atoms with Crippen molar-refractivity contribution < 1.29 is 4.79 Å². The molecular formula is C17H17Cl2N3O. The summed E-state index contributed by atoms with van der Waals surface area (Å²) in [6.07, 6.45) is 4.02. The quantitative estimate of drug-likeness (QED) is 0.909. The summed E-state index contributed by atoms with van der Waals surface area (Å²) in [6, 6.07) is 8.92. The summed E-state index contributed by atoms with van der Waals surface area (Å²) in [7, 11) is 0. The first-order chi connectivity index (χ1) is 11.1. The lowest BCUT2D eigenvalue weighted by molar-refractivity contribution is 0.0950. The maximum absolute atomic E-state index is 12.2. The Labute approximate surface area is 145 Å². The molecule has 4 nitrogen and oxygen atoms in total. The molecular weight excluding hydrogens is 333 g/mol. The fourth-order valence-electron chi connectivity index (χ4n) is 2.60. The van der Waals surface area contributed by atoms with Gasteiger partial charge >= 0.3 is 0 Å². The van der Waals surface area contributed by atoms with E-state index in [-0.39, 0.29) is 5.91 Å². The average molecular weight is 350 g/mol. The summed E-state index contributed by atoms with van der Waals surface area (Å²) >= 11 is 12.0. The molecule has 0 saturated carbocycles. The van der Waals surface area contributed by atoms with Crippen LogP contribution in [-0.4, -0.2) is 24.0 Å². The molecule has 2 heterocycles. The monoisotopic (exact) mass is 349 g/mol. The van der Waals surface area contributed by atoms with Crippen molar-refractivity contribution in [3.63, 3.8) is 0 Å². The van der Waals surface area contributed by atoms with Crippen molar-refractivity contribution in [2.75, 3.05) is 18.0 Å². The summed E-state index contributed by atoms with van der Waals surface area (Å²) in [6.45, 7) is 2.42. The molecule has 0 radical (unpaired) electrons. The van der Waals surface area contributed by atoms with Gasteiger partial charge in [-0.2, -0.15) is 0 Å². The number of rotatable bonds is 4. The van der Waals surface area contributed by atoms with Crippen LogP contribution in [0.5, 0.6) is 0 Å². The van der Waals surface area contributed by atoms with E-state index < -0.39 is 0 Å². The maximum atomic E-state index is 12.2. The smallest absolute Gasteiger partial charge is 0.253 e. The molecule has 0 bridgehead atoms. The van der Waals surface area contributed by atoms with Crippen molar-refractivity contribution in [3.05, 3.63) is 57.7 Å². The van der Waals surface area contributed by atoms with Gasteiger partial charge in [0.2, 0.25) is 0 Å². The Morgan fingerprint density at radius 1 is 1.17 bits per heavy atom. The van der Waals surface area contributed by atoms with Gasteiger partial charge in [-0.15, -0.1) is 0 Å². The summed E-state index contributed by atoms with van der Waals surface area (Å²) in [5, 5.41) is 3.96. The SMILES string of the molecule is O=C(NCc1ccc(Cl)cc1Cl)c1ccc(N2CCCC2)nc1. The zero-order chi connectivity index (χ0) is 16.2. The second-order valence-corrected chi connectivity index (χ2v) is 6.36. The highest BCUT2D eigenvalue weighted by atomic mass is 35.5. The number of benzene rings is 1. The van der Waals surface area contributed by atoms with E-state index in [4.69, 9.17) is 23.2 Å². The van der Waals surface area contributed by atoms with Crippen molar-refractivity contribution in [1.82, 2.24) is 10.3 Å². The Balaban J connectivity index is 1.61. The first kappa shape index (κ1) is 16.1. The van der Waals surface area contributed by atoms with Gasteiger partial charge in [0, 0.05) is 35.9 Å². The number of carbonyl (C=O) groups excluding carboxylic acids is 1. The van der Waals surface area contributed by atoms with E-state index in [1.165, 1.54) is 12.8 Å². The van der Waals surface area contributed by atoms with Gasteiger partial charge in [0.25, 0.3) is 5.91 Å². The van der Waals surface area contributed by atoms with Gasteiger partial charge in [0.05, 0.1) is 5.56 Å². The van der Waals surface area contributed by atoms with Crippen LogP contribution in [0, 0.1) is 0 Å². The number of hydrogen-bond acceptors (Lipinski definition) is 3. The van der Waals surface area contributed by atoms with Crippen LogP contribution in [0.25, 0.3) is 0 Å². The van der Waals surface area contributed by atoms with Crippen molar-refractivity contribution >= 4 is 34.9 Å². The minimum absolute atomic E-state index is 0.170. The average Bonchev–Trinajstić information content (AvgIpc) is 3.08. The van der Waals surface area contributed by atoms with Crippen LogP contribution in [0.15, 0.2) is 36.5 Å². The molecule has 0 unspecified atom stereocenters.